The first-order valence-electron chi connectivity index (χ1n) is 3.93. The van der Waals surface area contributed by atoms with E-state index < -0.39 is 5.95 Å². The Kier molecular flexibility index (Phi) is 3.17. The Labute approximate surface area is 71.1 Å². The maximum Gasteiger partial charge on any atom is 0.212 e. The normalized spacial score (nSPS) is 12.9. The third kappa shape index (κ3) is 2.58. The average molecular weight is 169 g/mol. The van der Waals surface area contributed by atoms with Gasteiger partial charge >= 0.3 is 0 Å². The predicted octanol–water partition coefficient (Wildman–Crippen LogP) is 1.39. The van der Waals surface area contributed by atoms with Crippen molar-refractivity contribution < 1.29 is 9.50 Å². The molecule has 1 aromatic rings. The second kappa shape index (κ2) is 4.16. The Morgan fingerprint density at radius 3 is 2.83 bits per heavy atom. The number of pyridine rings is 1. The lowest BCUT2D eigenvalue weighted by molar-refractivity contribution is 0.237. The van der Waals surface area contributed by atoms with Gasteiger partial charge in [0.05, 0.1) is 0 Å². The van der Waals surface area contributed by atoms with Crippen molar-refractivity contribution in [3.05, 3.63) is 29.8 Å². The van der Waals surface area contributed by atoms with E-state index in [1.165, 1.54) is 12.3 Å². The van der Waals surface area contributed by atoms with Crippen LogP contribution in [0.1, 0.15) is 12.5 Å². The second-order valence-electron chi connectivity index (χ2n) is 2.98. The first-order chi connectivity index (χ1) is 5.72. The molecule has 0 spiro atoms. The molecule has 0 saturated heterocycles. The maximum absolute atomic E-state index is 12.3. The average Bonchev–Trinajstić information content (AvgIpc) is 2.09. The maximum atomic E-state index is 12.3. The van der Waals surface area contributed by atoms with E-state index in [4.69, 9.17) is 5.11 Å². The van der Waals surface area contributed by atoms with Gasteiger partial charge in [0.25, 0.3) is 0 Å². The summed E-state index contributed by atoms with van der Waals surface area (Å²) in [5, 5.41) is 8.76. The number of aromatic nitrogens is 1. The molecular formula is C9H12FNO. The number of hydrogen-bond donors (Lipinski definition) is 1. The minimum atomic E-state index is -0.463. The van der Waals surface area contributed by atoms with E-state index in [9.17, 15) is 4.39 Å². The van der Waals surface area contributed by atoms with E-state index in [1.807, 2.05) is 6.92 Å². The zero-order valence-corrected chi connectivity index (χ0v) is 7.00. The van der Waals surface area contributed by atoms with Gasteiger partial charge in [0.1, 0.15) is 0 Å². The van der Waals surface area contributed by atoms with Gasteiger partial charge < -0.3 is 5.11 Å². The molecule has 0 aliphatic heterocycles. The summed E-state index contributed by atoms with van der Waals surface area (Å²) < 4.78 is 12.3. The van der Waals surface area contributed by atoms with Crippen molar-refractivity contribution in [1.29, 1.82) is 0 Å². The predicted molar refractivity (Wildman–Crippen MR) is 44.1 cm³/mol. The molecule has 1 N–H and O–H groups in total. The van der Waals surface area contributed by atoms with Crippen LogP contribution in [0.3, 0.4) is 0 Å². The van der Waals surface area contributed by atoms with Crippen molar-refractivity contribution in [3.63, 3.8) is 0 Å². The molecule has 66 valence electrons. The highest BCUT2D eigenvalue weighted by Gasteiger charge is 2.01. The van der Waals surface area contributed by atoms with Gasteiger partial charge in [-0.1, -0.05) is 13.0 Å². The van der Waals surface area contributed by atoms with Crippen LogP contribution in [-0.2, 0) is 6.42 Å². The number of aliphatic hydroxyl groups is 1. The fourth-order valence-corrected chi connectivity index (χ4v) is 0.994. The summed E-state index contributed by atoms with van der Waals surface area (Å²) in [7, 11) is 0. The van der Waals surface area contributed by atoms with Crippen LogP contribution in [0, 0.1) is 11.9 Å². The summed E-state index contributed by atoms with van der Waals surface area (Å²) >= 11 is 0. The van der Waals surface area contributed by atoms with Gasteiger partial charge in [-0.15, -0.1) is 0 Å². The zero-order valence-electron chi connectivity index (χ0n) is 7.00. The number of nitrogens with zero attached hydrogens (tertiary/aromatic N) is 1. The Balaban J connectivity index is 2.58. The fourth-order valence-electron chi connectivity index (χ4n) is 0.994. The molecule has 1 aromatic heterocycles. The summed E-state index contributed by atoms with van der Waals surface area (Å²) in [5.41, 5.74) is 0.956. The third-order valence-corrected chi connectivity index (χ3v) is 1.68. The molecule has 0 aliphatic carbocycles. The number of aliphatic hydroxyl groups excluding tert-OH is 1. The van der Waals surface area contributed by atoms with E-state index in [-0.39, 0.29) is 12.5 Å². The first kappa shape index (κ1) is 9.13. The highest BCUT2D eigenvalue weighted by molar-refractivity contribution is 5.09. The molecule has 1 unspecified atom stereocenters. The summed E-state index contributed by atoms with van der Waals surface area (Å²) in [6, 6.07) is 3.02. The quantitative estimate of drug-likeness (QED) is 0.693. The van der Waals surface area contributed by atoms with Gasteiger partial charge in [-0.25, -0.2) is 4.98 Å². The van der Waals surface area contributed by atoms with Crippen molar-refractivity contribution in [1.82, 2.24) is 4.98 Å². The van der Waals surface area contributed by atoms with E-state index in [0.717, 1.165) is 12.0 Å². The molecule has 0 amide bonds. The highest BCUT2D eigenvalue weighted by atomic mass is 19.1. The van der Waals surface area contributed by atoms with Crippen LogP contribution in [0.25, 0.3) is 0 Å². The summed E-state index contributed by atoms with van der Waals surface area (Å²) in [6.07, 6.45) is 2.24. The third-order valence-electron chi connectivity index (χ3n) is 1.68. The number of hydrogen-bond acceptors (Lipinski definition) is 2. The molecule has 0 aromatic carbocycles. The van der Waals surface area contributed by atoms with E-state index in [0.29, 0.717) is 0 Å². The topological polar surface area (TPSA) is 33.1 Å². The SMILES string of the molecule is CC(CO)Cc1ccc(F)nc1. The molecular weight excluding hydrogens is 157 g/mol. The van der Waals surface area contributed by atoms with Crippen molar-refractivity contribution >= 4 is 0 Å². The number of halogens is 1. The van der Waals surface area contributed by atoms with Gasteiger partial charge in [0, 0.05) is 12.8 Å². The van der Waals surface area contributed by atoms with Crippen LogP contribution in [-0.4, -0.2) is 16.7 Å². The van der Waals surface area contributed by atoms with Gasteiger partial charge in [0.2, 0.25) is 5.95 Å². The van der Waals surface area contributed by atoms with Crippen molar-refractivity contribution in [2.75, 3.05) is 6.61 Å². The number of rotatable bonds is 3. The molecule has 0 radical (unpaired) electrons. The van der Waals surface area contributed by atoms with Crippen LogP contribution in [0.4, 0.5) is 4.39 Å². The van der Waals surface area contributed by atoms with E-state index in [2.05, 4.69) is 4.98 Å². The van der Waals surface area contributed by atoms with Gasteiger partial charge in [-0.2, -0.15) is 4.39 Å². The van der Waals surface area contributed by atoms with Crippen molar-refractivity contribution in [2.24, 2.45) is 5.92 Å². The van der Waals surface area contributed by atoms with Gasteiger partial charge in [0.15, 0.2) is 0 Å². The molecule has 1 rings (SSSR count). The van der Waals surface area contributed by atoms with Crippen LogP contribution < -0.4 is 0 Å². The Morgan fingerprint density at radius 2 is 2.33 bits per heavy atom. The standard InChI is InChI=1S/C9H12FNO/c1-7(6-12)4-8-2-3-9(10)11-5-8/h2-3,5,7,12H,4,6H2,1H3. The molecule has 3 heteroatoms. The molecule has 0 saturated carbocycles. The van der Waals surface area contributed by atoms with Crippen molar-refractivity contribution in [2.45, 2.75) is 13.3 Å². The van der Waals surface area contributed by atoms with Crippen LogP contribution in [0.5, 0.6) is 0 Å². The van der Waals surface area contributed by atoms with Crippen LogP contribution >= 0.6 is 0 Å². The lowest BCUT2D eigenvalue weighted by atomic mass is 10.0. The lowest BCUT2D eigenvalue weighted by Gasteiger charge is -2.06. The van der Waals surface area contributed by atoms with Crippen molar-refractivity contribution in [3.8, 4) is 0 Å². The molecule has 0 bridgehead atoms. The van der Waals surface area contributed by atoms with Crippen LogP contribution in [0.15, 0.2) is 18.3 Å². The smallest absolute Gasteiger partial charge is 0.212 e. The molecule has 12 heavy (non-hydrogen) atoms. The Morgan fingerprint density at radius 1 is 1.58 bits per heavy atom. The van der Waals surface area contributed by atoms with Gasteiger partial charge in [-0.05, 0) is 24.0 Å². The fraction of sp³-hybridized carbons (Fsp3) is 0.444. The van der Waals surface area contributed by atoms with E-state index >= 15 is 0 Å². The Bertz CT molecular complexity index is 235. The first-order valence-corrected chi connectivity index (χ1v) is 3.93. The molecule has 1 heterocycles. The minimum absolute atomic E-state index is 0.150. The lowest BCUT2D eigenvalue weighted by Crippen LogP contribution is -2.04. The second-order valence-corrected chi connectivity index (χ2v) is 2.98. The van der Waals surface area contributed by atoms with Crippen LogP contribution in [0.2, 0.25) is 0 Å². The molecule has 0 aliphatic rings. The highest BCUT2D eigenvalue weighted by Crippen LogP contribution is 2.06. The van der Waals surface area contributed by atoms with Gasteiger partial charge in [-0.3, -0.25) is 0 Å². The monoisotopic (exact) mass is 169 g/mol. The summed E-state index contributed by atoms with van der Waals surface area (Å²) in [6.45, 7) is 2.08. The summed E-state index contributed by atoms with van der Waals surface area (Å²) in [4.78, 5) is 3.52. The summed E-state index contributed by atoms with van der Waals surface area (Å²) in [5.74, 6) is -0.257. The minimum Gasteiger partial charge on any atom is -0.396 e. The molecule has 2 nitrogen and oxygen atoms in total. The Hall–Kier alpha value is -0.960. The van der Waals surface area contributed by atoms with E-state index in [1.54, 1.807) is 6.07 Å². The zero-order chi connectivity index (χ0) is 8.97. The molecule has 0 fully saturated rings. The largest absolute Gasteiger partial charge is 0.396 e. The molecule has 1 atom stereocenters.